The second-order valence-electron chi connectivity index (χ2n) is 8.72. The molecule has 9 heteroatoms. The fraction of sp³-hybridized carbons (Fsp3) is 0.138. The van der Waals surface area contributed by atoms with E-state index in [1.165, 1.54) is 0 Å². The first-order valence-electron chi connectivity index (χ1n) is 12.0. The van der Waals surface area contributed by atoms with Gasteiger partial charge >= 0.3 is 0 Å². The van der Waals surface area contributed by atoms with E-state index in [9.17, 15) is 9.59 Å². The number of benzene rings is 3. The van der Waals surface area contributed by atoms with Gasteiger partial charge in [0.15, 0.2) is 11.5 Å². The third-order valence-corrected chi connectivity index (χ3v) is 6.86. The smallest absolute Gasteiger partial charge is 0.291 e. The summed E-state index contributed by atoms with van der Waals surface area (Å²) in [5.41, 5.74) is 5.62. The molecule has 0 saturated heterocycles. The number of hydrazone groups is 1. The van der Waals surface area contributed by atoms with Gasteiger partial charge in [0.1, 0.15) is 11.5 Å². The second kappa shape index (κ2) is 11.2. The molecule has 2 amide bonds. The molecule has 38 heavy (non-hydrogen) atoms. The van der Waals surface area contributed by atoms with Gasteiger partial charge in [-0.3, -0.25) is 9.59 Å². The lowest BCUT2D eigenvalue weighted by Crippen LogP contribution is -2.22. The molecule has 3 aromatic carbocycles. The lowest BCUT2D eigenvalue weighted by atomic mass is 9.93. The van der Waals surface area contributed by atoms with Gasteiger partial charge in [0.2, 0.25) is 0 Å². The maximum atomic E-state index is 13.3. The first kappa shape index (κ1) is 25.8. The Kier molecular flexibility index (Phi) is 7.62. The molecule has 4 aromatic rings. The molecule has 0 fully saturated rings. The molecule has 0 aliphatic heterocycles. The van der Waals surface area contributed by atoms with Gasteiger partial charge in [-0.1, -0.05) is 45.7 Å². The van der Waals surface area contributed by atoms with E-state index in [1.54, 1.807) is 42.5 Å². The number of nitrogens with zero attached hydrogens (tertiary/aromatic N) is 1. The fourth-order valence-electron chi connectivity index (χ4n) is 4.26. The number of aryl methyl sites for hydroxylation is 1. The molecule has 1 aliphatic rings. The molecule has 0 saturated carbocycles. The Morgan fingerprint density at radius 3 is 2.53 bits per heavy atom. The van der Waals surface area contributed by atoms with E-state index in [4.69, 9.17) is 20.8 Å². The van der Waals surface area contributed by atoms with Crippen LogP contribution in [0.1, 0.15) is 50.6 Å². The maximum absolute atomic E-state index is 13.3. The molecule has 192 valence electrons. The summed E-state index contributed by atoms with van der Waals surface area (Å²) in [5.74, 6) is 1.16. The molecule has 1 aliphatic carbocycles. The quantitative estimate of drug-likeness (QED) is 0.227. The van der Waals surface area contributed by atoms with Crippen molar-refractivity contribution in [2.75, 3.05) is 5.32 Å². The lowest BCUT2D eigenvalue weighted by Gasteiger charge is -2.13. The highest BCUT2D eigenvalue weighted by molar-refractivity contribution is 9.10. The van der Waals surface area contributed by atoms with Gasteiger partial charge < -0.3 is 14.5 Å². The van der Waals surface area contributed by atoms with Crippen LogP contribution >= 0.6 is 27.5 Å². The predicted molar refractivity (Wildman–Crippen MR) is 150 cm³/mol. The zero-order valence-corrected chi connectivity index (χ0v) is 22.7. The van der Waals surface area contributed by atoms with Gasteiger partial charge in [0.05, 0.1) is 11.4 Å². The standard InChI is InChI=1S/C29H23BrClN3O4/c1-17-26-22(33-34-28(35)18-10-12-19(30)13-11-18)8-5-9-25(26)38-27(17)29(36)32-23-16-20(31)14-15-24(23)37-21-6-3-2-4-7-21/h2-4,6-7,10-16H,5,8-9H2,1H3,(H,32,36)(H,34,35)/b33-22+. The summed E-state index contributed by atoms with van der Waals surface area (Å²) in [6, 6.07) is 21.3. The fourth-order valence-corrected chi connectivity index (χ4v) is 4.70. The van der Waals surface area contributed by atoms with Crippen molar-refractivity contribution in [3.05, 3.63) is 111 Å². The molecular formula is C29H23BrClN3O4. The van der Waals surface area contributed by atoms with Crippen molar-refractivity contribution in [1.82, 2.24) is 5.43 Å². The topological polar surface area (TPSA) is 92.9 Å². The second-order valence-corrected chi connectivity index (χ2v) is 10.1. The van der Waals surface area contributed by atoms with Crippen molar-refractivity contribution in [2.45, 2.75) is 26.2 Å². The van der Waals surface area contributed by atoms with E-state index in [0.29, 0.717) is 57.6 Å². The average molecular weight is 593 g/mol. The summed E-state index contributed by atoms with van der Waals surface area (Å²) in [5, 5.41) is 7.71. The summed E-state index contributed by atoms with van der Waals surface area (Å²) in [4.78, 5) is 25.9. The Morgan fingerprint density at radius 1 is 1.00 bits per heavy atom. The average Bonchev–Trinajstić information content (AvgIpc) is 3.27. The molecule has 0 radical (unpaired) electrons. The molecule has 0 bridgehead atoms. The number of hydrogen-bond donors (Lipinski definition) is 2. The molecule has 0 atom stereocenters. The Balaban J connectivity index is 1.38. The van der Waals surface area contributed by atoms with Gasteiger partial charge in [-0.05, 0) is 74.4 Å². The molecule has 5 rings (SSSR count). The van der Waals surface area contributed by atoms with Crippen LogP contribution in [-0.4, -0.2) is 17.5 Å². The van der Waals surface area contributed by atoms with Crippen LogP contribution in [0.4, 0.5) is 5.69 Å². The number of amides is 2. The van der Waals surface area contributed by atoms with Crippen LogP contribution in [0.25, 0.3) is 0 Å². The van der Waals surface area contributed by atoms with Crippen LogP contribution in [0.15, 0.2) is 86.8 Å². The number of ether oxygens (including phenoxy) is 1. The van der Waals surface area contributed by atoms with Gasteiger partial charge in [-0.15, -0.1) is 0 Å². The van der Waals surface area contributed by atoms with E-state index < -0.39 is 5.91 Å². The lowest BCUT2D eigenvalue weighted by molar-refractivity contribution is 0.0953. The van der Waals surface area contributed by atoms with Crippen molar-refractivity contribution in [3.63, 3.8) is 0 Å². The minimum atomic E-state index is -0.435. The summed E-state index contributed by atoms with van der Waals surface area (Å²) in [7, 11) is 0. The van der Waals surface area contributed by atoms with Gasteiger partial charge in [-0.25, -0.2) is 5.43 Å². The molecule has 2 N–H and O–H groups in total. The van der Waals surface area contributed by atoms with Crippen molar-refractivity contribution >= 4 is 50.7 Å². The van der Waals surface area contributed by atoms with Crippen LogP contribution in [0.3, 0.4) is 0 Å². The number of carbonyl (C=O) groups is 2. The van der Waals surface area contributed by atoms with Crippen LogP contribution < -0.4 is 15.5 Å². The SMILES string of the molecule is Cc1c(C(=O)Nc2cc(Cl)ccc2Oc2ccccc2)oc2c1/C(=N/NC(=O)c1ccc(Br)cc1)CCC2. The normalized spacial score (nSPS) is 13.6. The Labute approximate surface area is 233 Å². The third kappa shape index (κ3) is 5.66. The first-order valence-corrected chi connectivity index (χ1v) is 13.1. The Morgan fingerprint density at radius 2 is 1.76 bits per heavy atom. The third-order valence-electron chi connectivity index (χ3n) is 6.09. The van der Waals surface area contributed by atoms with E-state index in [-0.39, 0.29) is 11.7 Å². The van der Waals surface area contributed by atoms with Crippen molar-refractivity contribution in [1.29, 1.82) is 0 Å². The number of para-hydroxylation sites is 1. The number of nitrogens with one attached hydrogen (secondary N) is 2. The van der Waals surface area contributed by atoms with Crippen molar-refractivity contribution in [2.24, 2.45) is 5.10 Å². The summed E-state index contributed by atoms with van der Waals surface area (Å²) >= 11 is 9.57. The van der Waals surface area contributed by atoms with Crippen LogP contribution in [0, 0.1) is 6.92 Å². The highest BCUT2D eigenvalue weighted by Gasteiger charge is 2.28. The number of furan rings is 1. The molecule has 1 aromatic heterocycles. The van der Waals surface area contributed by atoms with Crippen molar-refractivity contribution < 1.29 is 18.7 Å². The molecule has 0 unspecified atom stereocenters. The summed E-state index contributed by atoms with van der Waals surface area (Å²) < 4.78 is 12.9. The molecular weight excluding hydrogens is 570 g/mol. The summed E-state index contributed by atoms with van der Waals surface area (Å²) in [6.45, 7) is 1.81. The predicted octanol–water partition coefficient (Wildman–Crippen LogP) is 7.52. The van der Waals surface area contributed by atoms with Gasteiger partial charge in [-0.2, -0.15) is 5.10 Å². The largest absolute Gasteiger partial charge is 0.455 e. The monoisotopic (exact) mass is 591 g/mol. The number of rotatable bonds is 6. The number of fused-ring (bicyclic) bond motifs is 1. The zero-order chi connectivity index (χ0) is 26.6. The van der Waals surface area contributed by atoms with Gasteiger partial charge in [0.25, 0.3) is 11.8 Å². The van der Waals surface area contributed by atoms with Gasteiger partial charge in [0, 0.05) is 32.6 Å². The Bertz CT molecular complexity index is 1530. The van der Waals surface area contributed by atoms with Crippen LogP contribution in [0.5, 0.6) is 11.5 Å². The Hall–Kier alpha value is -3.88. The van der Waals surface area contributed by atoms with Crippen molar-refractivity contribution in [3.8, 4) is 11.5 Å². The highest BCUT2D eigenvalue weighted by Crippen LogP contribution is 2.34. The van der Waals surface area contributed by atoms with Crippen LogP contribution in [-0.2, 0) is 6.42 Å². The van der Waals surface area contributed by atoms with E-state index in [0.717, 1.165) is 16.5 Å². The minimum absolute atomic E-state index is 0.175. The molecule has 7 nitrogen and oxygen atoms in total. The van der Waals surface area contributed by atoms with E-state index in [2.05, 4.69) is 31.8 Å². The zero-order valence-electron chi connectivity index (χ0n) is 20.4. The number of anilines is 1. The molecule has 1 heterocycles. The van der Waals surface area contributed by atoms with E-state index >= 15 is 0 Å². The maximum Gasteiger partial charge on any atom is 0.291 e. The van der Waals surface area contributed by atoms with Crippen LogP contribution in [0.2, 0.25) is 5.02 Å². The number of hydrogen-bond acceptors (Lipinski definition) is 5. The number of carbonyl (C=O) groups excluding carboxylic acids is 2. The number of halogens is 2. The highest BCUT2D eigenvalue weighted by atomic mass is 79.9. The van der Waals surface area contributed by atoms with E-state index in [1.807, 2.05) is 37.3 Å². The summed E-state index contributed by atoms with van der Waals surface area (Å²) in [6.07, 6.45) is 2.11. The first-order chi connectivity index (χ1) is 18.4. The minimum Gasteiger partial charge on any atom is -0.455 e. The molecule has 0 spiro atoms.